The van der Waals surface area contributed by atoms with Crippen LogP contribution >= 0.6 is 0 Å². The van der Waals surface area contributed by atoms with Gasteiger partial charge in [-0.25, -0.2) is 4.39 Å². The Labute approximate surface area is 177 Å². The van der Waals surface area contributed by atoms with Crippen LogP contribution < -0.4 is 0 Å². The van der Waals surface area contributed by atoms with Gasteiger partial charge in [-0.05, 0) is 61.8 Å². The highest BCUT2D eigenvalue weighted by Gasteiger charge is 2.43. The van der Waals surface area contributed by atoms with Crippen molar-refractivity contribution in [3.05, 3.63) is 71.0 Å². The third kappa shape index (κ3) is 4.25. The number of benzene rings is 2. The Morgan fingerprint density at radius 3 is 2.20 bits per heavy atom. The SMILES string of the molecule is Cc1ccc([C@@H]2C(=O)N(C3CCC(C)CC3)CC(=O)N2Cc2ccc(F)cc2)cc1. The molecule has 2 aliphatic rings. The molecule has 1 atom stereocenters. The van der Waals surface area contributed by atoms with E-state index in [-0.39, 0.29) is 30.2 Å². The number of piperazine rings is 1. The maximum atomic E-state index is 13.7. The van der Waals surface area contributed by atoms with Crippen LogP contribution in [0.5, 0.6) is 0 Å². The molecule has 2 fully saturated rings. The summed E-state index contributed by atoms with van der Waals surface area (Å²) in [7, 11) is 0. The second-order valence-electron chi connectivity index (χ2n) is 8.84. The van der Waals surface area contributed by atoms with Crippen LogP contribution in [0.3, 0.4) is 0 Å². The van der Waals surface area contributed by atoms with Crippen molar-refractivity contribution in [2.45, 2.75) is 58.2 Å². The monoisotopic (exact) mass is 408 g/mol. The van der Waals surface area contributed by atoms with Gasteiger partial charge in [-0.3, -0.25) is 9.59 Å². The molecule has 1 saturated heterocycles. The van der Waals surface area contributed by atoms with Crippen LogP contribution in [-0.4, -0.2) is 34.2 Å². The summed E-state index contributed by atoms with van der Waals surface area (Å²) in [4.78, 5) is 30.4. The van der Waals surface area contributed by atoms with Crippen molar-refractivity contribution >= 4 is 11.8 Å². The molecule has 4 rings (SSSR count). The van der Waals surface area contributed by atoms with Crippen molar-refractivity contribution in [1.29, 1.82) is 0 Å². The summed E-state index contributed by atoms with van der Waals surface area (Å²) in [6.07, 6.45) is 4.10. The van der Waals surface area contributed by atoms with E-state index in [0.717, 1.165) is 42.4 Å². The number of carbonyl (C=O) groups excluding carboxylic acids is 2. The van der Waals surface area contributed by atoms with Crippen molar-refractivity contribution < 1.29 is 14.0 Å². The zero-order valence-corrected chi connectivity index (χ0v) is 17.7. The summed E-state index contributed by atoms with van der Waals surface area (Å²) in [5, 5.41) is 0. The van der Waals surface area contributed by atoms with Crippen LogP contribution in [0.4, 0.5) is 4.39 Å². The summed E-state index contributed by atoms with van der Waals surface area (Å²) in [5.41, 5.74) is 2.75. The number of rotatable bonds is 4. The van der Waals surface area contributed by atoms with Crippen LogP contribution in [0.1, 0.15) is 55.3 Å². The van der Waals surface area contributed by atoms with Crippen LogP contribution in [0.25, 0.3) is 0 Å². The fraction of sp³-hybridized carbons (Fsp3) is 0.440. The van der Waals surface area contributed by atoms with E-state index in [9.17, 15) is 14.0 Å². The molecule has 0 radical (unpaired) electrons. The lowest BCUT2D eigenvalue weighted by atomic mass is 9.85. The first kappa shape index (κ1) is 20.6. The molecule has 2 amide bonds. The lowest BCUT2D eigenvalue weighted by molar-refractivity contribution is -0.160. The van der Waals surface area contributed by atoms with E-state index >= 15 is 0 Å². The Kier molecular flexibility index (Phi) is 5.89. The van der Waals surface area contributed by atoms with Crippen LogP contribution in [0.2, 0.25) is 0 Å². The molecular weight excluding hydrogens is 379 g/mol. The Balaban J connectivity index is 1.65. The van der Waals surface area contributed by atoms with E-state index in [1.54, 1.807) is 17.0 Å². The first-order chi connectivity index (χ1) is 14.4. The van der Waals surface area contributed by atoms with E-state index in [1.165, 1.54) is 12.1 Å². The number of amides is 2. The molecule has 1 heterocycles. The van der Waals surface area contributed by atoms with E-state index in [4.69, 9.17) is 0 Å². The van der Waals surface area contributed by atoms with E-state index in [0.29, 0.717) is 12.5 Å². The van der Waals surface area contributed by atoms with Gasteiger partial charge < -0.3 is 9.80 Å². The average molecular weight is 409 g/mol. The average Bonchev–Trinajstić information content (AvgIpc) is 2.74. The molecular formula is C25H29FN2O2. The Morgan fingerprint density at radius 1 is 0.933 bits per heavy atom. The summed E-state index contributed by atoms with van der Waals surface area (Å²) in [6.45, 7) is 4.67. The Bertz CT molecular complexity index is 902. The molecule has 0 spiro atoms. The maximum Gasteiger partial charge on any atom is 0.250 e. The maximum absolute atomic E-state index is 13.7. The number of aryl methyl sites for hydroxylation is 1. The van der Waals surface area contributed by atoms with Gasteiger partial charge in [0.15, 0.2) is 0 Å². The highest BCUT2D eigenvalue weighted by Crippen LogP contribution is 2.34. The Hall–Kier alpha value is -2.69. The summed E-state index contributed by atoms with van der Waals surface area (Å²) in [6, 6.07) is 13.5. The van der Waals surface area contributed by atoms with Crippen molar-refractivity contribution in [2.75, 3.05) is 6.54 Å². The zero-order valence-electron chi connectivity index (χ0n) is 17.7. The molecule has 30 heavy (non-hydrogen) atoms. The number of hydrogen-bond donors (Lipinski definition) is 0. The minimum atomic E-state index is -0.642. The second-order valence-corrected chi connectivity index (χ2v) is 8.84. The molecule has 4 nitrogen and oxygen atoms in total. The Morgan fingerprint density at radius 2 is 1.57 bits per heavy atom. The fourth-order valence-corrected chi connectivity index (χ4v) is 4.65. The number of hydrogen-bond acceptors (Lipinski definition) is 2. The van der Waals surface area contributed by atoms with E-state index in [2.05, 4.69) is 6.92 Å². The van der Waals surface area contributed by atoms with Gasteiger partial charge in [0, 0.05) is 12.6 Å². The number of nitrogens with zero attached hydrogens (tertiary/aromatic N) is 2. The minimum absolute atomic E-state index is 0.000109. The lowest BCUT2D eigenvalue weighted by Crippen LogP contribution is -2.58. The van der Waals surface area contributed by atoms with Gasteiger partial charge in [-0.15, -0.1) is 0 Å². The second kappa shape index (κ2) is 8.58. The standard InChI is InChI=1S/C25H29FN2O2/c1-17-3-9-20(10-4-17)24-25(30)27(22-13-5-18(2)6-14-22)16-23(29)28(24)15-19-7-11-21(26)12-8-19/h3-4,7-12,18,22,24H,5-6,13-16H2,1-2H3/t18?,22?,24-/m1/s1. The summed E-state index contributed by atoms with van der Waals surface area (Å²) >= 11 is 0. The number of halogens is 1. The smallest absolute Gasteiger partial charge is 0.250 e. The van der Waals surface area contributed by atoms with Gasteiger partial charge in [0.05, 0.1) is 0 Å². The highest BCUT2D eigenvalue weighted by molar-refractivity contribution is 5.95. The number of carbonyl (C=O) groups is 2. The predicted molar refractivity (Wildman–Crippen MR) is 114 cm³/mol. The van der Waals surface area contributed by atoms with Gasteiger partial charge in [0.1, 0.15) is 18.4 Å². The zero-order chi connectivity index (χ0) is 21.3. The van der Waals surface area contributed by atoms with Gasteiger partial charge in [-0.1, -0.05) is 48.9 Å². The summed E-state index contributed by atoms with van der Waals surface area (Å²) < 4.78 is 13.3. The third-order valence-electron chi connectivity index (χ3n) is 6.54. The van der Waals surface area contributed by atoms with Crippen LogP contribution in [-0.2, 0) is 16.1 Å². The molecule has 1 aliphatic heterocycles. The highest BCUT2D eigenvalue weighted by atomic mass is 19.1. The molecule has 0 N–H and O–H groups in total. The first-order valence-electron chi connectivity index (χ1n) is 10.8. The van der Waals surface area contributed by atoms with Crippen molar-refractivity contribution in [3.8, 4) is 0 Å². The van der Waals surface area contributed by atoms with Gasteiger partial charge in [0.2, 0.25) is 5.91 Å². The molecule has 0 bridgehead atoms. The first-order valence-corrected chi connectivity index (χ1v) is 10.8. The van der Waals surface area contributed by atoms with Crippen molar-refractivity contribution in [1.82, 2.24) is 9.80 Å². The van der Waals surface area contributed by atoms with Crippen LogP contribution in [0, 0.1) is 18.7 Å². The summed E-state index contributed by atoms with van der Waals surface area (Å²) in [5.74, 6) is 0.315. The largest absolute Gasteiger partial charge is 0.328 e. The lowest BCUT2D eigenvalue weighted by Gasteiger charge is -2.45. The van der Waals surface area contributed by atoms with Crippen LogP contribution in [0.15, 0.2) is 48.5 Å². The topological polar surface area (TPSA) is 40.6 Å². The quantitative estimate of drug-likeness (QED) is 0.740. The van der Waals surface area contributed by atoms with E-state index in [1.807, 2.05) is 36.1 Å². The normalized spacial score (nSPS) is 25.0. The third-order valence-corrected chi connectivity index (χ3v) is 6.54. The molecule has 5 heteroatoms. The molecule has 2 aromatic rings. The minimum Gasteiger partial charge on any atom is -0.328 e. The van der Waals surface area contributed by atoms with E-state index < -0.39 is 6.04 Å². The van der Waals surface area contributed by atoms with Gasteiger partial charge in [0.25, 0.3) is 5.91 Å². The van der Waals surface area contributed by atoms with Crippen molar-refractivity contribution in [3.63, 3.8) is 0 Å². The molecule has 0 unspecified atom stereocenters. The fourth-order valence-electron chi connectivity index (χ4n) is 4.65. The molecule has 158 valence electrons. The van der Waals surface area contributed by atoms with Gasteiger partial charge >= 0.3 is 0 Å². The molecule has 2 aromatic carbocycles. The van der Waals surface area contributed by atoms with Crippen molar-refractivity contribution in [2.24, 2.45) is 5.92 Å². The molecule has 1 aliphatic carbocycles. The molecule has 1 saturated carbocycles. The van der Waals surface area contributed by atoms with Gasteiger partial charge in [-0.2, -0.15) is 0 Å². The molecule has 0 aromatic heterocycles. The predicted octanol–water partition coefficient (Wildman–Crippen LogP) is 4.62.